The summed E-state index contributed by atoms with van der Waals surface area (Å²) < 4.78 is 10.3. The van der Waals surface area contributed by atoms with Gasteiger partial charge in [-0.3, -0.25) is 9.59 Å². The molecule has 5 nitrogen and oxygen atoms in total. The van der Waals surface area contributed by atoms with E-state index < -0.39 is 6.10 Å². The molecule has 0 aromatic rings. The molecule has 206 valence electrons. The van der Waals surface area contributed by atoms with Gasteiger partial charge in [0.2, 0.25) is 0 Å². The highest BCUT2D eigenvalue weighted by molar-refractivity contribution is 5.70. The number of aliphatic hydroxyl groups excluding tert-OH is 1. The van der Waals surface area contributed by atoms with Gasteiger partial charge in [-0.05, 0) is 38.5 Å². The van der Waals surface area contributed by atoms with Crippen LogP contribution in [0.25, 0.3) is 0 Å². The van der Waals surface area contributed by atoms with Crippen molar-refractivity contribution in [1.82, 2.24) is 0 Å². The van der Waals surface area contributed by atoms with Crippen LogP contribution in [0.3, 0.4) is 0 Å². The second kappa shape index (κ2) is 27.2. The molecule has 1 atom stereocenters. The first-order valence-electron chi connectivity index (χ1n) is 14.7. The molecular weight excluding hydrogens is 440 g/mol. The SMILES string of the molecule is CCCCCCCCC/C=C\CCCCCCCCCC(=O)OC(CO)COC(=O)CCCCC. The van der Waals surface area contributed by atoms with Gasteiger partial charge < -0.3 is 14.6 Å². The molecular formula is C30H56O5. The minimum Gasteiger partial charge on any atom is -0.462 e. The summed E-state index contributed by atoms with van der Waals surface area (Å²) in [4.78, 5) is 23.6. The highest BCUT2D eigenvalue weighted by Crippen LogP contribution is 2.12. The molecule has 0 radical (unpaired) electrons. The first kappa shape index (κ1) is 33.6. The Morgan fingerprint density at radius 1 is 0.629 bits per heavy atom. The summed E-state index contributed by atoms with van der Waals surface area (Å²) in [6.45, 7) is 3.94. The maximum atomic E-state index is 12.0. The number of unbranched alkanes of at least 4 members (excludes halogenated alkanes) is 16. The molecule has 0 aromatic carbocycles. The summed E-state index contributed by atoms with van der Waals surface area (Å²) >= 11 is 0. The highest BCUT2D eigenvalue weighted by atomic mass is 16.6. The van der Waals surface area contributed by atoms with E-state index in [0.29, 0.717) is 12.8 Å². The number of aliphatic hydroxyl groups is 1. The van der Waals surface area contributed by atoms with Gasteiger partial charge in [-0.15, -0.1) is 0 Å². The molecule has 0 saturated heterocycles. The fraction of sp³-hybridized carbons (Fsp3) is 0.867. The van der Waals surface area contributed by atoms with Crippen molar-refractivity contribution >= 4 is 11.9 Å². The Kier molecular flexibility index (Phi) is 26.2. The van der Waals surface area contributed by atoms with E-state index in [0.717, 1.165) is 38.5 Å². The number of hydrogen-bond acceptors (Lipinski definition) is 5. The third kappa shape index (κ3) is 25.5. The minimum atomic E-state index is -0.762. The molecule has 0 aliphatic carbocycles. The molecule has 0 fully saturated rings. The smallest absolute Gasteiger partial charge is 0.306 e. The highest BCUT2D eigenvalue weighted by Gasteiger charge is 2.15. The van der Waals surface area contributed by atoms with Crippen molar-refractivity contribution in [3.05, 3.63) is 12.2 Å². The van der Waals surface area contributed by atoms with Gasteiger partial charge in [-0.1, -0.05) is 109 Å². The predicted molar refractivity (Wildman–Crippen MR) is 145 cm³/mol. The third-order valence-electron chi connectivity index (χ3n) is 6.31. The van der Waals surface area contributed by atoms with E-state index in [4.69, 9.17) is 9.47 Å². The van der Waals surface area contributed by atoms with Crippen molar-refractivity contribution in [3.63, 3.8) is 0 Å². The lowest BCUT2D eigenvalue weighted by atomic mass is 10.1. The largest absolute Gasteiger partial charge is 0.462 e. The molecule has 0 spiro atoms. The number of carbonyl (C=O) groups excluding carboxylic acids is 2. The van der Waals surface area contributed by atoms with Gasteiger partial charge in [0.1, 0.15) is 6.61 Å². The average molecular weight is 497 g/mol. The van der Waals surface area contributed by atoms with Crippen LogP contribution in [0.4, 0.5) is 0 Å². The van der Waals surface area contributed by atoms with E-state index >= 15 is 0 Å². The second-order valence-corrected chi connectivity index (χ2v) is 9.83. The van der Waals surface area contributed by atoms with Gasteiger partial charge in [0.25, 0.3) is 0 Å². The van der Waals surface area contributed by atoms with Gasteiger partial charge in [0, 0.05) is 12.8 Å². The Balaban J connectivity index is 3.48. The molecule has 5 heteroatoms. The molecule has 1 N–H and O–H groups in total. The maximum Gasteiger partial charge on any atom is 0.306 e. The summed E-state index contributed by atoms with van der Waals surface area (Å²) in [6.07, 6.45) is 27.6. The van der Waals surface area contributed by atoms with Crippen LogP contribution in [0.2, 0.25) is 0 Å². The van der Waals surface area contributed by atoms with Gasteiger partial charge in [-0.25, -0.2) is 0 Å². The Bertz CT molecular complexity index is 503. The summed E-state index contributed by atoms with van der Waals surface area (Å²) in [5.41, 5.74) is 0. The minimum absolute atomic E-state index is 0.0679. The number of ether oxygens (including phenoxy) is 2. The lowest BCUT2D eigenvalue weighted by Crippen LogP contribution is -2.28. The summed E-state index contributed by atoms with van der Waals surface area (Å²) in [7, 11) is 0. The lowest BCUT2D eigenvalue weighted by molar-refractivity contribution is -0.161. The van der Waals surface area contributed by atoms with Crippen molar-refractivity contribution < 1.29 is 24.2 Å². The van der Waals surface area contributed by atoms with Crippen LogP contribution in [0.1, 0.15) is 149 Å². The Labute approximate surface area is 216 Å². The van der Waals surface area contributed by atoms with Crippen LogP contribution in [-0.2, 0) is 19.1 Å². The van der Waals surface area contributed by atoms with Gasteiger partial charge in [-0.2, -0.15) is 0 Å². The summed E-state index contributed by atoms with van der Waals surface area (Å²) in [6, 6.07) is 0. The first-order chi connectivity index (χ1) is 17.1. The number of rotatable bonds is 26. The Morgan fingerprint density at radius 3 is 1.60 bits per heavy atom. The van der Waals surface area contributed by atoms with Gasteiger partial charge in [0.15, 0.2) is 6.10 Å². The molecule has 0 amide bonds. The third-order valence-corrected chi connectivity index (χ3v) is 6.31. The molecule has 1 unspecified atom stereocenters. The second-order valence-electron chi connectivity index (χ2n) is 9.83. The molecule has 0 rings (SSSR count). The standard InChI is InChI=1S/C30H56O5/c1-3-5-7-8-9-10-11-12-13-14-15-16-17-18-19-20-21-23-25-30(33)35-28(26-31)27-34-29(32)24-22-6-4-2/h13-14,28,31H,3-12,15-27H2,1-2H3/b14-13-. The normalized spacial score (nSPS) is 12.2. The van der Waals surface area contributed by atoms with Crippen LogP contribution >= 0.6 is 0 Å². The Morgan fingerprint density at radius 2 is 1.06 bits per heavy atom. The molecule has 0 heterocycles. The molecule has 0 bridgehead atoms. The fourth-order valence-corrected chi connectivity index (χ4v) is 4.02. The molecule has 35 heavy (non-hydrogen) atoms. The zero-order valence-electron chi connectivity index (χ0n) is 23.1. The summed E-state index contributed by atoms with van der Waals surface area (Å²) in [5.74, 6) is -0.623. The first-order valence-corrected chi connectivity index (χ1v) is 14.7. The van der Waals surface area contributed by atoms with Crippen LogP contribution in [0.15, 0.2) is 12.2 Å². The van der Waals surface area contributed by atoms with Gasteiger partial charge >= 0.3 is 11.9 Å². The molecule has 0 saturated carbocycles. The number of allylic oxidation sites excluding steroid dienone is 2. The van der Waals surface area contributed by atoms with E-state index in [9.17, 15) is 14.7 Å². The van der Waals surface area contributed by atoms with Crippen LogP contribution < -0.4 is 0 Å². The molecule has 0 aliphatic heterocycles. The quantitative estimate of drug-likeness (QED) is 0.0741. The van der Waals surface area contributed by atoms with Crippen molar-refractivity contribution in [2.45, 2.75) is 155 Å². The van der Waals surface area contributed by atoms with E-state index in [1.807, 2.05) is 0 Å². The topological polar surface area (TPSA) is 72.8 Å². The van der Waals surface area contributed by atoms with Crippen molar-refractivity contribution in [3.8, 4) is 0 Å². The van der Waals surface area contributed by atoms with Crippen LogP contribution in [-0.4, -0.2) is 36.4 Å². The van der Waals surface area contributed by atoms with Gasteiger partial charge in [0.05, 0.1) is 6.61 Å². The number of esters is 2. The molecule has 0 aromatic heterocycles. The molecule has 0 aliphatic rings. The number of carbonyl (C=O) groups is 2. The van der Waals surface area contributed by atoms with Crippen LogP contribution in [0.5, 0.6) is 0 Å². The maximum absolute atomic E-state index is 12.0. The summed E-state index contributed by atoms with van der Waals surface area (Å²) in [5, 5.41) is 9.36. The van der Waals surface area contributed by atoms with Crippen molar-refractivity contribution in [2.24, 2.45) is 0 Å². The zero-order valence-corrected chi connectivity index (χ0v) is 23.1. The number of hydrogen-bond donors (Lipinski definition) is 1. The Hall–Kier alpha value is -1.36. The average Bonchev–Trinajstić information content (AvgIpc) is 2.86. The fourth-order valence-electron chi connectivity index (χ4n) is 4.02. The van der Waals surface area contributed by atoms with E-state index in [1.165, 1.54) is 83.5 Å². The van der Waals surface area contributed by atoms with Crippen molar-refractivity contribution in [2.75, 3.05) is 13.2 Å². The lowest BCUT2D eigenvalue weighted by Gasteiger charge is -2.15. The van der Waals surface area contributed by atoms with Crippen LogP contribution in [0, 0.1) is 0 Å². The van der Waals surface area contributed by atoms with E-state index in [2.05, 4.69) is 26.0 Å². The van der Waals surface area contributed by atoms with E-state index in [1.54, 1.807) is 0 Å². The zero-order chi connectivity index (χ0) is 25.8. The predicted octanol–water partition coefficient (Wildman–Crippen LogP) is 8.22. The van der Waals surface area contributed by atoms with E-state index in [-0.39, 0.29) is 25.2 Å². The monoisotopic (exact) mass is 496 g/mol. The van der Waals surface area contributed by atoms with Crippen molar-refractivity contribution in [1.29, 1.82) is 0 Å².